The Morgan fingerprint density at radius 2 is 2.33 bits per heavy atom. The SMILES string of the molecule is O=C(NC[C@H]1CCCO1)[C@H]1CCCNC1. The smallest absolute Gasteiger partial charge is 0.224 e. The Hall–Kier alpha value is -0.610. The monoisotopic (exact) mass is 212 g/mol. The van der Waals surface area contributed by atoms with E-state index in [1.165, 1.54) is 0 Å². The van der Waals surface area contributed by atoms with Crippen LogP contribution in [0.1, 0.15) is 25.7 Å². The minimum absolute atomic E-state index is 0.167. The van der Waals surface area contributed by atoms with E-state index in [-0.39, 0.29) is 17.9 Å². The molecule has 2 aliphatic rings. The van der Waals surface area contributed by atoms with Crippen molar-refractivity contribution in [3.8, 4) is 0 Å². The van der Waals surface area contributed by atoms with Gasteiger partial charge >= 0.3 is 0 Å². The van der Waals surface area contributed by atoms with Gasteiger partial charge in [-0.05, 0) is 32.2 Å². The molecule has 4 heteroatoms. The average Bonchev–Trinajstić information content (AvgIpc) is 2.80. The molecule has 0 radical (unpaired) electrons. The van der Waals surface area contributed by atoms with Crippen molar-refractivity contribution >= 4 is 5.91 Å². The van der Waals surface area contributed by atoms with Crippen molar-refractivity contribution in [1.82, 2.24) is 10.6 Å². The Morgan fingerprint density at radius 1 is 1.40 bits per heavy atom. The fraction of sp³-hybridized carbons (Fsp3) is 0.909. The molecule has 15 heavy (non-hydrogen) atoms. The summed E-state index contributed by atoms with van der Waals surface area (Å²) in [6.07, 6.45) is 4.60. The third-order valence-electron chi connectivity index (χ3n) is 3.20. The Labute approximate surface area is 90.8 Å². The molecule has 0 aromatic rings. The molecule has 2 N–H and O–H groups in total. The molecule has 2 rings (SSSR count). The Bertz CT molecular complexity index is 209. The molecule has 0 aromatic heterocycles. The first-order valence-electron chi connectivity index (χ1n) is 5.96. The maximum absolute atomic E-state index is 11.7. The second-order valence-corrected chi connectivity index (χ2v) is 4.42. The van der Waals surface area contributed by atoms with Gasteiger partial charge in [0.05, 0.1) is 12.0 Å². The van der Waals surface area contributed by atoms with E-state index in [1.54, 1.807) is 0 Å². The summed E-state index contributed by atoms with van der Waals surface area (Å²) in [5.41, 5.74) is 0. The highest BCUT2D eigenvalue weighted by atomic mass is 16.5. The minimum Gasteiger partial charge on any atom is -0.376 e. The van der Waals surface area contributed by atoms with E-state index in [0.717, 1.165) is 45.4 Å². The molecule has 0 aromatic carbocycles. The number of piperidine rings is 1. The van der Waals surface area contributed by atoms with Crippen LogP contribution in [0.5, 0.6) is 0 Å². The summed E-state index contributed by atoms with van der Waals surface area (Å²) < 4.78 is 5.46. The van der Waals surface area contributed by atoms with Gasteiger partial charge in [-0.2, -0.15) is 0 Å². The highest BCUT2D eigenvalue weighted by Crippen LogP contribution is 2.12. The molecule has 1 amide bonds. The van der Waals surface area contributed by atoms with E-state index in [9.17, 15) is 4.79 Å². The van der Waals surface area contributed by atoms with Crippen LogP contribution in [0.15, 0.2) is 0 Å². The Morgan fingerprint density at radius 3 is 3.00 bits per heavy atom. The number of carbonyl (C=O) groups is 1. The first-order chi connectivity index (χ1) is 7.36. The standard InChI is InChI=1S/C11H20N2O2/c14-11(9-3-1-5-12-7-9)13-8-10-4-2-6-15-10/h9-10,12H,1-8H2,(H,13,14)/t9-,10+/m0/s1. The van der Waals surface area contributed by atoms with Crippen molar-refractivity contribution in [2.75, 3.05) is 26.2 Å². The fourth-order valence-corrected chi connectivity index (χ4v) is 2.24. The lowest BCUT2D eigenvalue weighted by atomic mass is 9.99. The number of amides is 1. The lowest BCUT2D eigenvalue weighted by molar-refractivity contribution is -0.126. The van der Waals surface area contributed by atoms with Crippen LogP contribution in [0.3, 0.4) is 0 Å². The fourth-order valence-electron chi connectivity index (χ4n) is 2.24. The largest absolute Gasteiger partial charge is 0.376 e. The summed E-state index contributed by atoms with van der Waals surface area (Å²) in [5, 5.41) is 6.24. The van der Waals surface area contributed by atoms with Crippen LogP contribution in [-0.2, 0) is 9.53 Å². The van der Waals surface area contributed by atoms with Crippen molar-refractivity contribution in [3.05, 3.63) is 0 Å². The van der Waals surface area contributed by atoms with Gasteiger partial charge in [0.15, 0.2) is 0 Å². The van der Waals surface area contributed by atoms with Crippen molar-refractivity contribution in [3.63, 3.8) is 0 Å². The van der Waals surface area contributed by atoms with E-state index in [4.69, 9.17) is 4.74 Å². The highest BCUT2D eigenvalue weighted by Gasteiger charge is 2.22. The Kier molecular flexibility index (Phi) is 3.97. The molecule has 0 aliphatic carbocycles. The zero-order valence-electron chi connectivity index (χ0n) is 9.13. The molecule has 2 saturated heterocycles. The first kappa shape index (κ1) is 10.9. The van der Waals surface area contributed by atoms with E-state index >= 15 is 0 Å². The second-order valence-electron chi connectivity index (χ2n) is 4.42. The topological polar surface area (TPSA) is 50.4 Å². The van der Waals surface area contributed by atoms with E-state index < -0.39 is 0 Å². The lowest BCUT2D eigenvalue weighted by Crippen LogP contribution is -2.42. The molecular formula is C11H20N2O2. The van der Waals surface area contributed by atoms with E-state index in [2.05, 4.69) is 10.6 Å². The molecular weight excluding hydrogens is 192 g/mol. The number of ether oxygens (including phenoxy) is 1. The van der Waals surface area contributed by atoms with Gasteiger partial charge in [-0.15, -0.1) is 0 Å². The molecule has 0 spiro atoms. The number of hydrogen-bond acceptors (Lipinski definition) is 3. The molecule has 2 aliphatic heterocycles. The molecule has 0 saturated carbocycles. The molecule has 86 valence electrons. The second kappa shape index (κ2) is 5.47. The van der Waals surface area contributed by atoms with Crippen LogP contribution in [0.25, 0.3) is 0 Å². The van der Waals surface area contributed by atoms with Crippen molar-refractivity contribution in [1.29, 1.82) is 0 Å². The summed E-state index contributed by atoms with van der Waals surface area (Å²) in [5.74, 6) is 0.359. The van der Waals surface area contributed by atoms with Gasteiger partial charge in [0.2, 0.25) is 5.91 Å². The molecule has 4 nitrogen and oxygen atoms in total. The van der Waals surface area contributed by atoms with Gasteiger partial charge in [-0.1, -0.05) is 0 Å². The zero-order valence-corrected chi connectivity index (χ0v) is 9.13. The maximum Gasteiger partial charge on any atom is 0.224 e. The summed E-state index contributed by atoms with van der Waals surface area (Å²) in [7, 11) is 0. The number of nitrogens with one attached hydrogen (secondary N) is 2. The van der Waals surface area contributed by atoms with Crippen LogP contribution >= 0.6 is 0 Å². The number of rotatable bonds is 3. The van der Waals surface area contributed by atoms with E-state index in [0.29, 0.717) is 6.54 Å². The van der Waals surface area contributed by atoms with Gasteiger partial charge in [-0.25, -0.2) is 0 Å². The average molecular weight is 212 g/mol. The first-order valence-corrected chi connectivity index (χ1v) is 5.96. The summed E-state index contributed by atoms with van der Waals surface area (Å²) in [6.45, 7) is 3.42. The van der Waals surface area contributed by atoms with Crippen LogP contribution in [0.2, 0.25) is 0 Å². The van der Waals surface area contributed by atoms with Crippen LogP contribution in [-0.4, -0.2) is 38.3 Å². The number of hydrogen-bond donors (Lipinski definition) is 2. The molecule has 2 fully saturated rings. The van der Waals surface area contributed by atoms with Gasteiger partial charge < -0.3 is 15.4 Å². The molecule has 0 bridgehead atoms. The van der Waals surface area contributed by atoms with Crippen LogP contribution < -0.4 is 10.6 Å². The highest BCUT2D eigenvalue weighted by molar-refractivity contribution is 5.78. The normalized spacial score (nSPS) is 31.5. The van der Waals surface area contributed by atoms with Gasteiger partial charge in [0.25, 0.3) is 0 Å². The third-order valence-corrected chi connectivity index (χ3v) is 3.20. The van der Waals surface area contributed by atoms with Crippen molar-refractivity contribution in [2.45, 2.75) is 31.8 Å². The van der Waals surface area contributed by atoms with Crippen molar-refractivity contribution in [2.24, 2.45) is 5.92 Å². The third kappa shape index (κ3) is 3.18. The molecule has 2 heterocycles. The van der Waals surface area contributed by atoms with Crippen LogP contribution in [0.4, 0.5) is 0 Å². The minimum atomic E-state index is 0.167. The Balaban J connectivity index is 1.66. The lowest BCUT2D eigenvalue weighted by Gasteiger charge is -2.22. The zero-order chi connectivity index (χ0) is 10.5. The van der Waals surface area contributed by atoms with Crippen molar-refractivity contribution < 1.29 is 9.53 Å². The summed E-state index contributed by atoms with van der Waals surface area (Å²) in [4.78, 5) is 11.7. The van der Waals surface area contributed by atoms with Gasteiger partial charge in [-0.3, -0.25) is 4.79 Å². The molecule has 0 unspecified atom stereocenters. The van der Waals surface area contributed by atoms with Gasteiger partial charge in [0.1, 0.15) is 0 Å². The summed E-state index contributed by atoms with van der Waals surface area (Å²) >= 11 is 0. The molecule has 2 atom stereocenters. The van der Waals surface area contributed by atoms with Crippen LogP contribution in [0, 0.1) is 5.92 Å². The van der Waals surface area contributed by atoms with E-state index in [1.807, 2.05) is 0 Å². The number of carbonyl (C=O) groups excluding carboxylic acids is 1. The predicted molar refractivity (Wildman–Crippen MR) is 57.6 cm³/mol. The summed E-state index contributed by atoms with van der Waals surface area (Å²) in [6, 6.07) is 0. The maximum atomic E-state index is 11.7. The van der Waals surface area contributed by atoms with Gasteiger partial charge in [0, 0.05) is 19.7 Å². The quantitative estimate of drug-likeness (QED) is 0.706. The predicted octanol–water partition coefficient (Wildman–Crippen LogP) is 0.281.